The van der Waals surface area contributed by atoms with Gasteiger partial charge in [-0.25, -0.2) is 9.97 Å². The van der Waals surface area contributed by atoms with Crippen LogP contribution in [-0.4, -0.2) is 46.7 Å². The highest BCUT2D eigenvalue weighted by Gasteiger charge is 2.43. The van der Waals surface area contributed by atoms with Crippen LogP contribution in [-0.2, 0) is 21.6 Å². The van der Waals surface area contributed by atoms with Crippen LogP contribution >= 0.6 is 0 Å². The Morgan fingerprint density at radius 2 is 1.97 bits per heavy atom. The molecule has 2 fully saturated rings. The Hall–Kier alpha value is -2.84. The molecule has 2 aliphatic rings. The van der Waals surface area contributed by atoms with E-state index < -0.39 is 0 Å². The summed E-state index contributed by atoms with van der Waals surface area (Å²) in [4.78, 5) is 9.12. The van der Waals surface area contributed by atoms with Gasteiger partial charge in [-0.05, 0) is 43.0 Å². The Bertz CT molecular complexity index is 1070. The molecule has 1 saturated carbocycles. The molecule has 7 nitrogen and oxygen atoms in total. The zero-order chi connectivity index (χ0) is 21.5. The van der Waals surface area contributed by atoms with Crippen molar-refractivity contribution in [3.05, 3.63) is 54.0 Å². The summed E-state index contributed by atoms with van der Waals surface area (Å²) in [5.41, 5.74) is 4.10. The molecular weight excluding hydrogens is 397 g/mol. The van der Waals surface area contributed by atoms with Gasteiger partial charge in [0, 0.05) is 42.7 Å². The first-order valence-electron chi connectivity index (χ1n) is 10.5. The first-order valence-corrected chi connectivity index (χ1v) is 10.5. The van der Waals surface area contributed by atoms with Gasteiger partial charge in [-0.2, -0.15) is 5.10 Å². The predicted octanol–water partition coefficient (Wildman–Crippen LogP) is 4.01. The normalized spacial score (nSPS) is 18.4. The number of nitrogens with one attached hydrogen (secondary N) is 1. The van der Waals surface area contributed by atoms with Crippen LogP contribution in [0.15, 0.2) is 42.9 Å². The Morgan fingerprint density at radius 1 is 1.19 bits per heavy atom. The van der Waals surface area contributed by atoms with Crippen molar-refractivity contribution in [2.45, 2.75) is 31.9 Å². The molecule has 0 amide bonds. The topological polar surface area (TPSA) is 74.1 Å². The number of alkyl halides is 1. The van der Waals surface area contributed by atoms with E-state index in [9.17, 15) is 4.39 Å². The van der Waals surface area contributed by atoms with Gasteiger partial charge < -0.3 is 14.8 Å². The van der Waals surface area contributed by atoms with E-state index in [1.165, 1.54) is 0 Å². The zero-order valence-corrected chi connectivity index (χ0v) is 17.8. The van der Waals surface area contributed by atoms with Crippen LogP contribution in [0.25, 0.3) is 11.3 Å². The molecule has 3 aromatic rings. The number of hydrogen-bond acceptors (Lipinski definition) is 6. The van der Waals surface area contributed by atoms with E-state index in [-0.39, 0.29) is 17.7 Å². The molecule has 1 N–H and O–H groups in total. The summed E-state index contributed by atoms with van der Waals surface area (Å²) in [6.45, 7) is 3.43. The van der Waals surface area contributed by atoms with Gasteiger partial charge in [0.05, 0.1) is 31.8 Å². The van der Waals surface area contributed by atoms with Gasteiger partial charge in [-0.1, -0.05) is 12.1 Å². The smallest absolute Gasteiger partial charge is 0.227 e. The lowest BCUT2D eigenvalue weighted by atomic mass is 9.91. The fraction of sp³-hybridized carbons (Fsp3) is 0.435. The number of ether oxygens (including phenoxy) is 2. The quantitative estimate of drug-likeness (QED) is 0.590. The Labute approximate surface area is 180 Å². The van der Waals surface area contributed by atoms with Crippen LogP contribution in [0.2, 0.25) is 0 Å². The Balaban J connectivity index is 1.33. The minimum Gasteiger partial charge on any atom is -0.375 e. The minimum atomic E-state index is -0.340. The van der Waals surface area contributed by atoms with Crippen molar-refractivity contribution in [1.82, 2.24) is 19.7 Å². The van der Waals surface area contributed by atoms with Crippen LogP contribution < -0.4 is 5.32 Å². The average molecular weight is 423 g/mol. The number of benzene rings is 1. The molecule has 8 heteroatoms. The molecule has 2 aromatic heterocycles. The van der Waals surface area contributed by atoms with Gasteiger partial charge in [-0.3, -0.25) is 9.07 Å². The average Bonchev–Trinajstić information content (AvgIpc) is 3.38. The maximum atomic E-state index is 13.2. The van der Waals surface area contributed by atoms with Crippen molar-refractivity contribution in [2.24, 2.45) is 5.41 Å². The van der Waals surface area contributed by atoms with E-state index in [0.717, 1.165) is 40.9 Å². The van der Waals surface area contributed by atoms with Crippen LogP contribution in [0.3, 0.4) is 0 Å². The number of methoxy groups -OCH3 is 1. The van der Waals surface area contributed by atoms with Crippen LogP contribution in [0, 0.1) is 12.3 Å². The van der Waals surface area contributed by atoms with E-state index in [1.807, 2.05) is 42.1 Å². The first-order chi connectivity index (χ1) is 15.0. The standard InChI is InChI=1S/C23H26FN5O2/c1-16-9-25-21(27-19-5-3-18(4-6-19)23(30-2)14-31-15-23)28-20(16)17-10-26-29(11-17)13-22(12-24)7-8-22/h3-6,9-11H,7-8,12-15H2,1-2H3,(H,25,27,28). The fourth-order valence-corrected chi connectivity index (χ4v) is 3.90. The summed E-state index contributed by atoms with van der Waals surface area (Å²) in [5, 5.41) is 7.69. The highest BCUT2D eigenvalue weighted by atomic mass is 19.1. The van der Waals surface area contributed by atoms with Crippen molar-refractivity contribution >= 4 is 11.6 Å². The highest BCUT2D eigenvalue weighted by Crippen LogP contribution is 2.47. The third-order valence-electron chi connectivity index (χ3n) is 6.34. The van der Waals surface area contributed by atoms with Crippen molar-refractivity contribution in [3.8, 4) is 11.3 Å². The predicted molar refractivity (Wildman–Crippen MR) is 115 cm³/mol. The number of aromatic nitrogens is 4. The van der Waals surface area contributed by atoms with Crippen molar-refractivity contribution in [2.75, 3.05) is 32.3 Å². The molecule has 1 aromatic carbocycles. The SMILES string of the molecule is COC1(c2ccc(Nc3ncc(C)c(-c4cnn(CC5(CF)CC5)c4)n3)cc2)COC1. The third-order valence-corrected chi connectivity index (χ3v) is 6.34. The van der Waals surface area contributed by atoms with Gasteiger partial charge >= 0.3 is 0 Å². The van der Waals surface area contributed by atoms with Crippen molar-refractivity contribution < 1.29 is 13.9 Å². The number of nitrogens with zero attached hydrogens (tertiary/aromatic N) is 4. The highest BCUT2D eigenvalue weighted by molar-refractivity contribution is 5.64. The molecule has 1 aliphatic heterocycles. The molecular formula is C23H26FN5O2. The number of hydrogen-bond donors (Lipinski definition) is 1. The van der Waals surface area contributed by atoms with E-state index >= 15 is 0 Å². The summed E-state index contributed by atoms with van der Waals surface area (Å²) in [7, 11) is 1.71. The van der Waals surface area contributed by atoms with E-state index in [0.29, 0.717) is 25.7 Å². The monoisotopic (exact) mass is 423 g/mol. The second-order valence-corrected chi connectivity index (χ2v) is 8.68. The van der Waals surface area contributed by atoms with Gasteiger partial charge in [0.15, 0.2) is 0 Å². The van der Waals surface area contributed by atoms with Crippen LogP contribution in [0.1, 0.15) is 24.0 Å². The Morgan fingerprint density at radius 3 is 2.58 bits per heavy atom. The number of halogens is 1. The zero-order valence-electron chi connectivity index (χ0n) is 17.8. The van der Waals surface area contributed by atoms with Crippen LogP contribution in [0.4, 0.5) is 16.0 Å². The largest absolute Gasteiger partial charge is 0.375 e. The summed E-state index contributed by atoms with van der Waals surface area (Å²) in [6.07, 6.45) is 7.38. The van der Waals surface area contributed by atoms with Crippen molar-refractivity contribution in [3.63, 3.8) is 0 Å². The molecule has 31 heavy (non-hydrogen) atoms. The molecule has 0 unspecified atom stereocenters. The molecule has 162 valence electrons. The lowest BCUT2D eigenvalue weighted by Crippen LogP contribution is -2.48. The molecule has 1 saturated heterocycles. The first kappa shape index (κ1) is 20.1. The summed E-state index contributed by atoms with van der Waals surface area (Å²) >= 11 is 0. The van der Waals surface area contributed by atoms with Gasteiger partial charge in [0.1, 0.15) is 5.60 Å². The molecule has 3 heterocycles. The molecule has 1 aliphatic carbocycles. The molecule has 0 spiro atoms. The molecule has 5 rings (SSSR count). The third kappa shape index (κ3) is 3.81. The van der Waals surface area contributed by atoms with E-state index in [1.54, 1.807) is 19.5 Å². The maximum absolute atomic E-state index is 13.2. The lowest BCUT2D eigenvalue weighted by molar-refractivity contribution is -0.202. The van der Waals surface area contributed by atoms with Gasteiger partial charge in [0.25, 0.3) is 0 Å². The molecule has 0 radical (unpaired) electrons. The summed E-state index contributed by atoms with van der Waals surface area (Å²) < 4.78 is 26.0. The second-order valence-electron chi connectivity index (χ2n) is 8.68. The summed E-state index contributed by atoms with van der Waals surface area (Å²) in [5.74, 6) is 0.511. The fourth-order valence-electron chi connectivity index (χ4n) is 3.90. The van der Waals surface area contributed by atoms with E-state index in [2.05, 4.69) is 15.4 Å². The summed E-state index contributed by atoms with van der Waals surface area (Å²) in [6, 6.07) is 8.04. The second kappa shape index (κ2) is 7.69. The molecule has 0 atom stereocenters. The Kier molecular flexibility index (Phi) is 4.98. The lowest BCUT2D eigenvalue weighted by Gasteiger charge is -2.40. The van der Waals surface area contributed by atoms with E-state index in [4.69, 9.17) is 14.5 Å². The number of anilines is 2. The number of rotatable bonds is 8. The molecule has 0 bridgehead atoms. The number of aryl methyl sites for hydroxylation is 1. The van der Waals surface area contributed by atoms with Crippen molar-refractivity contribution in [1.29, 1.82) is 0 Å². The van der Waals surface area contributed by atoms with Gasteiger partial charge in [0.2, 0.25) is 5.95 Å². The van der Waals surface area contributed by atoms with Gasteiger partial charge in [-0.15, -0.1) is 0 Å². The minimum absolute atomic E-state index is 0.212. The maximum Gasteiger partial charge on any atom is 0.227 e. The van der Waals surface area contributed by atoms with Crippen LogP contribution in [0.5, 0.6) is 0 Å².